The minimum Gasteiger partial charge on any atom is -0.342 e. The molecule has 4 nitrogen and oxygen atoms in total. The minimum atomic E-state index is -0.467. The van der Waals surface area contributed by atoms with Gasteiger partial charge in [-0.15, -0.1) is 6.58 Å². The van der Waals surface area contributed by atoms with Gasteiger partial charge < -0.3 is 10.2 Å². The van der Waals surface area contributed by atoms with Crippen LogP contribution >= 0.6 is 0 Å². The Labute approximate surface area is 119 Å². The van der Waals surface area contributed by atoms with Gasteiger partial charge in [0.25, 0.3) is 0 Å². The molecule has 0 radical (unpaired) electrons. The summed E-state index contributed by atoms with van der Waals surface area (Å²) in [6.45, 7) is 5.77. The van der Waals surface area contributed by atoms with Gasteiger partial charge in [-0.1, -0.05) is 36.4 Å². The maximum atomic E-state index is 12.5. The van der Waals surface area contributed by atoms with Crippen LogP contribution in [0.3, 0.4) is 0 Å². The van der Waals surface area contributed by atoms with E-state index in [-0.39, 0.29) is 24.4 Å². The standard InChI is InChI=1S/C16H20N2O2/c1-3-7-12(2)18-11-15(19)17-14(16(18)20)10-13-8-5-4-6-9-13/h3-6,8-9,12,14H,1,7,10-11H2,2H3,(H,17,19). The summed E-state index contributed by atoms with van der Waals surface area (Å²) in [6.07, 6.45) is 3.00. The molecule has 1 fully saturated rings. The van der Waals surface area contributed by atoms with Gasteiger partial charge in [-0.3, -0.25) is 9.59 Å². The number of benzene rings is 1. The summed E-state index contributed by atoms with van der Waals surface area (Å²) in [6, 6.07) is 9.26. The molecule has 0 aromatic heterocycles. The molecule has 20 heavy (non-hydrogen) atoms. The number of nitrogens with one attached hydrogen (secondary N) is 1. The van der Waals surface area contributed by atoms with E-state index in [1.54, 1.807) is 11.0 Å². The number of hydrogen-bond donors (Lipinski definition) is 1. The molecule has 0 saturated carbocycles. The highest BCUT2D eigenvalue weighted by molar-refractivity contribution is 5.95. The second-order valence-corrected chi connectivity index (χ2v) is 5.15. The molecule has 1 aliphatic rings. The topological polar surface area (TPSA) is 49.4 Å². The summed E-state index contributed by atoms with van der Waals surface area (Å²) in [5, 5.41) is 2.79. The van der Waals surface area contributed by atoms with E-state index in [0.717, 1.165) is 5.56 Å². The van der Waals surface area contributed by atoms with Crippen molar-refractivity contribution in [1.82, 2.24) is 10.2 Å². The number of hydrogen-bond acceptors (Lipinski definition) is 2. The maximum Gasteiger partial charge on any atom is 0.246 e. The molecule has 106 valence electrons. The van der Waals surface area contributed by atoms with Gasteiger partial charge in [0.2, 0.25) is 11.8 Å². The third kappa shape index (κ3) is 3.26. The van der Waals surface area contributed by atoms with Crippen molar-refractivity contribution in [3.05, 3.63) is 48.6 Å². The van der Waals surface area contributed by atoms with Crippen LogP contribution in [0.5, 0.6) is 0 Å². The molecule has 1 aliphatic heterocycles. The summed E-state index contributed by atoms with van der Waals surface area (Å²) in [5.74, 6) is -0.107. The highest BCUT2D eigenvalue weighted by Crippen LogP contribution is 2.14. The third-order valence-corrected chi connectivity index (χ3v) is 3.55. The zero-order valence-corrected chi connectivity index (χ0v) is 11.7. The molecule has 2 atom stereocenters. The Morgan fingerprint density at radius 3 is 2.75 bits per heavy atom. The van der Waals surface area contributed by atoms with E-state index in [0.29, 0.717) is 12.8 Å². The van der Waals surface area contributed by atoms with Gasteiger partial charge in [0, 0.05) is 12.5 Å². The van der Waals surface area contributed by atoms with E-state index in [2.05, 4.69) is 11.9 Å². The Hall–Kier alpha value is -2.10. The Kier molecular flexibility index (Phi) is 4.56. The van der Waals surface area contributed by atoms with Gasteiger partial charge in [-0.05, 0) is 18.9 Å². The zero-order valence-electron chi connectivity index (χ0n) is 11.7. The molecular weight excluding hydrogens is 252 g/mol. The highest BCUT2D eigenvalue weighted by atomic mass is 16.2. The smallest absolute Gasteiger partial charge is 0.246 e. The summed E-state index contributed by atoms with van der Waals surface area (Å²) in [5.41, 5.74) is 1.05. The van der Waals surface area contributed by atoms with Crippen molar-refractivity contribution in [2.75, 3.05) is 6.54 Å². The Morgan fingerprint density at radius 2 is 2.10 bits per heavy atom. The first-order valence-electron chi connectivity index (χ1n) is 6.86. The summed E-state index contributed by atoms with van der Waals surface area (Å²) < 4.78 is 0. The van der Waals surface area contributed by atoms with Crippen molar-refractivity contribution < 1.29 is 9.59 Å². The van der Waals surface area contributed by atoms with Crippen molar-refractivity contribution >= 4 is 11.8 Å². The van der Waals surface area contributed by atoms with Crippen LogP contribution in [-0.2, 0) is 16.0 Å². The summed E-state index contributed by atoms with van der Waals surface area (Å²) in [4.78, 5) is 25.9. The van der Waals surface area contributed by atoms with Crippen LogP contribution in [0.1, 0.15) is 18.9 Å². The summed E-state index contributed by atoms with van der Waals surface area (Å²) in [7, 11) is 0. The molecule has 1 heterocycles. The second kappa shape index (κ2) is 6.37. The Morgan fingerprint density at radius 1 is 1.40 bits per heavy atom. The van der Waals surface area contributed by atoms with Crippen molar-refractivity contribution in [1.29, 1.82) is 0 Å². The lowest BCUT2D eigenvalue weighted by Gasteiger charge is -2.36. The lowest BCUT2D eigenvalue weighted by Crippen LogP contribution is -2.60. The van der Waals surface area contributed by atoms with Crippen LogP contribution in [0, 0.1) is 0 Å². The van der Waals surface area contributed by atoms with Crippen LogP contribution in [0.25, 0.3) is 0 Å². The molecular formula is C16H20N2O2. The van der Waals surface area contributed by atoms with Crippen molar-refractivity contribution in [3.8, 4) is 0 Å². The first-order chi connectivity index (χ1) is 9.61. The fourth-order valence-electron chi connectivity index (χ4n) is 2.46. The molecule has 4 heteroatoms. The number of rotatable bonds is 5. The number of carbonyl (C=O) groups is 2. The first-order valence-corrected chi connectivity index (χ1v) is 6.86. The largest absolute Gasteiger partial charge is 0.342 e. The average Bonchev–Trinajstić information content (AvgIpc) is 2.44. The monoisotopic (exact) mass is 272 g/mol. The average molecular weight is 272 g/mol. The lowest BCUT2D eigenvalue weighted by atomic mass is 10.0. The van der Waals surface area contributed by atoms with Crippen LogP contribution < -0.4 is 5.32 Å². The van der Waals surface area contributed by atoms with Gasteiger partial charge >= 0.3 is 0 Å². The first kappa shape index (κ1) is 14.3. The van der Waals surface area contributed by atoms with Gasteiger partial charge in [0.05, 0.1) is 6.54 Å². The molecule has 2 unspecified atom stereocenters. The van der Waals surface area contributed by atoms with Gasteiger partial charge in [-0.2, -0.15) is 0 Å². The lowest BCUT2D eigenvalue weighted by molar-refractivity contribution is -0.146. The molecule has 0 bridgehead atoms. The molecule has 2 rings (SSSR count). The number of nitrogens with zero attached hydrogens (tertiary/aromatic N) is 1. The van der Waals surface area contributed by atoms with Crippen LogP contribution in [0.2, 0.25) is 0 Å². The number of amides is 2. The number of carbonyl (C=O) groups excluding carboxylic acids is 2. The molecule has 0 aliphatic carbocycles. The van der Waals surface area contributed by atoms with E-state index in [1.807, 2.05) is 37.3 Å². The van der Waals surface area contributed by atoms with E-state index < -0.39 is 6.04 Å². The molecule has 0 spiro atoms. The quantitative estimate of drug-likeness (QED) is 0.826. The van der Waals surface area contributed by atoms with Gasteiger partial charge in [-0.25, -0.2) is 0 Å². The van der Waals surface area contributed by atoms with E-state index >= 15 is 0 Å². The Balaban J connectivity index is 2.10. The maximum absolute atomic E-state index is 12.5. The molecule has 2 amide bonds. The van der Waals surface area contributed by atoms with E-state index in [1.165, 1.54) is 0 Å². The normalized spacial score (nSPS) is 20.4. The minimum absolute atomic E-state index is 0.00400. The van der Waals surface area contributed by atoms with Crippen LogP contribution in [0.4, 0.5) is 0 Å². The van der Waals surface area contributed by atoms with Crippen molar-refractivity contribution in [2.45, 2.75) is 31.8 Å². The fraction of sp³-hybridized carbons (Fsp3) is 0.375. The third-order valence-electron chi connectivity index (χ3n) is 3.55. The zero-order chi connectivity index (χ0) is 14.5. The predicted molar refractivity (Wildman–Crippen MR) is 78.1 cm³/mol. The van der Waals surface area contributed by atoms with E-state index in [9.17, 15) is 9.59 Å². The fourth-order valence-corrected chi connectivity index (χ4v) is 2.46. The molecule has 1 aromatic rings. The Bertz CT molecular complexity index is 498. The van der Waals surface area contributed by atoms with Gasteiger partial charge in [0.15, 0.2) is 0 Å². The van der Waals surface area contributed by atoms with Crippen molar-refractivity contribution in [2.24, 2.45) is 0 Å². The van der Waals surface area contributed by atoms with Gasteiger partial charge in [0.1, 0.15) is 6.04 Å². The van der Waals surface area contributed by atoms with Crippen LogP contribution in [0.15, 0.2) is 43.0 Å². The van der Waals surface area contributed by atoms with Crippen LogP contribution in [-0.4, -0.2) is 35.3 Å². The molecule has 1 aromatic carbocycles. The predicted octanol–water partition coefficient (Wildman–Crippen LogP) is 1.52. The highest BCUT2D eigenvalue weighted by Gasteiger charge is 2.34. The van der Waals surface area contributed by atoms with E-state index in [4.69, 9.17) is 0 Å². The SMILES string of the molecule is C=CCC(C)N1CC(=O)NC(Cc2ccccc2)C1=O. The summed E-state index contributed by atoms with van der Waals surface area (Å²) >= 11 is 0. The molecule has 1 saturated heterocycles. The van der Waals surface area contributed by atoms with Crippen molar-refractivity contribution in [3.63, 3.8) is 0 Å². The molecule has 1 N–H and O–H groups in total. The number of piperazine rings is 1. The second-order valence-electron chi connectivity index (χ2n) is 5.15.